The Hall–Kier alpha value is -1.46. The van der Waals surface area contributed by atoms with Crippen molar-refractivity contribution in [3.05, 3.63) is 41.2 Å². The molecule has 0 aliphatic carbocycles. The number of hydrogen-bond donors (Lipinski definition) is 0. The minimum atomic E-state index is -0.292. The van der Waals surface area contributed by atoms with Crippen molar-refractivity contribution in [2.45, 2.75) is 12.8 Å². The van der Waals surface area contributed by atoms with Crippen molar-refractivity contribution < 1.29 is 9.53 Å². The van der Waals surface area contributed by atoms with E-state index in [9.17, 15) is 4.79 Å². The van der Waals surface area contributed by atoms with E-state index >= 15 is 0 Å². The van der Waals surface area contributed by atoms with Gasteiger partial charge in [0.05, 0.1) is 17.7 Å². The molecule has 2 aromatic rings. The third-order valence-electron chi connectivity index (χ3n) is 2.22. The van der Waals surface area contributed by atoms with Gasteiger partial charge in [-0.25, -0.2) is 9.78 Å². The fourth-order valence-corrected chi connectivity index (χ4v) is 2.96. The number of allylic oxidation sites excluding steroid dienone is 1. The van der Waals surface area contributed by atoms with Gasteiger partial charge in [0.2, 0.25) is 0 Å². The summed E-state index contributed by atoms with van der Waals surface area (Å²) in [4.78, 5) is 17.6. The zero-order valence-corrected chi connectivity index (χ0v) is 11.4. The molecule has 0 aliphatic rings. The average molecular weight is 279 g/mol. The third kappa shape index (κ3) is 3.27. The standard InChI is InChI=1S/C13H13NO2S2/c1-2-3-4-7-16-13(15)11-9-14-12(18-11)10-6-5-8-17-10/h2,5-6,8-9H,1,3-4,7H2. The highest BCUT2D eigenvalue weighted by Gasteiger charge is 2.13. The van der Waals surface area contributed by atoms with Crippen molar-refractivity contribution in [1.82, 2.24) is 4.98 Å². The number of rotatable bonds is 6. The molecule has 94 valence electrons. The predicted molar refractivity (Wildman–Crippen MR) is 75.1 cm³/mol. The number of esters is 1. The molecule has 0 unspecified atom stereocenters. The van der Waals surface area contributed by atoms with Crippen LogP contribution >= 0.6 is 22.7 Å². The minimum absolute atomic E-state index is 0.292. The van der Waals surface area contributed by atoms with Crippen LogP contribution in [0.25, 0.3) is 9.88 Å². The van der Waals surface area contributed by atoms with Gasteiger partial charge in [-0.3, -0.25) is 0 Å². The quantitative estimate of drug-likeness (QED) is 0.456. The van der Waals surface area contributed by atoms with Gasteiger partial charge in [-0.05, 0) is 24.3 Å². The first kappa shape index (κ1) is 13.0. The zero-order chi connectivity index (χ0) is 12.8. The molecule has 0 saturated carbocycles. The van der Waals surface area contributed by atoms with Gasteiger partial charge in [0.1, 0.15) is 9.88 Å². The lowest BCUT2D eigenvalue weighted by molar-refractivity contribution is 0.0507. The van der Waals surface area contributed by atoms with Crippen molar-refractivity contribution in [2.24, 2.45) is 0 Å². The molecule has 0 atom stereocenters. The van der Waals surface area contributed by atoms with Crippen LogP contribution in [0.4, 0.5) is 0 Å². The Labute approximate surface area is 114 Å². The number of ether oxygens (including phenoxy) is 1. The molecule has 0 aromatic carbocycles. The van der Waals surface area contributed by atoms with Crippen LogP contribution in [-0.4, -0.2) is 17.6 Å². The van der Waals surface area contributed by atoms with Crippen LogP contribution < -0.4 is 0 Å². The first-order valence-electron chi connectivity index (χ1n) is 5.59. The van der Waals surface area contributed by atoms with Crippen molar-refractivity contribution in [3.63, 3.8) is 0 Å². The highest BCUT2D eigenvalue weighted by atomic mass is 32.1. The fourth-order valence-electron chi connectivity index (χ4n) is 1.35. The Morgan fingerprint density at radius 1 is 1.56 bits per heavy atom. The lowest BCUT2D eigenvalue weighted by atomic mass is 10.3. The number of carbonyl (C=O) groups excluding carboxylic acids is 1. The van der Waals surface area contributed by atoms with Crippen LogP contribution in [0.2, 0.25) is 0 Å². The van der Waals surface area contributed by atoms with Gasteiger partial charge in [0.25, 0.3) is 0 Å². The molecular weight excluding hydrogens is 266 g/mol. The molecule has 2 rings (SSSR count). The van der Waals surface area contributed by atoms with E-state index in [1.54, 1.807) is 17.5 Å². The molecule has 0 saturated heterocycles. The van der Waals surface area contributed by atoms with Crippen molar-refractivity contribution in [2.75, 3.05) is 6.61 Å². The van der Waals surface area contributed by atoms with Crippen LogP contribution in [0.5, 0.6) is 0 Å². The van der Waals surface area contributed by atoms with Crippen molar-refractivity contribution in [3.8, 4) is 9.88 Å². The van der Waals surface area contributed by atoms with E-state index in [0.29, 0.717) is 11.5 Å². The summed E-state index contributed by atoms with van der Waals surface area (Å²) in [5.41, 5.74) is 0. The first-order valence-corrected chi connectivity index (χ1v) is 7.28. The van der Waals surface area contributed by atoms with Crippen LogP contribution in [0.1, 0.15) is 22.5 Å². The van der Waals surface area contributed by atoms with Crippen molar-refractivity contribution >= 4 is 28.6 Å². The number of aromatic nitrogens is 1. The summed E-state index contributed by atoms with van der Waals surface area (Å²) in [5, 5.41) is 2.85. The van der Waals surface area contributed by atoms with E-state index in [-0.39, 0.29) is 5.97 Å². The Bertz CT molecular complexity index is 517. The van der Waals surface area contributed by atoms with E-state index in [1.807, 2.05) is 23.6 Å². The van der Waals surface area contributed by atoms with Crippen LogP contribution in [0, 0.1) is 0 Å². The van der Waals surface area contributed by atoms with Crippen LogP contribution in [-0.2, 0) is 4.74 Å². The van der Waals surface area contributed by atoms with Gasteiger partial charge >= 0.3 is 5.97 Å². The largest absolute Gasteiger partial charge is 0.461 e. The van der Waals surface area contributed by atoms with Gasteiger partial charge in [-0.1, -0.05) is 12.1 Å². The Balaban J connectivity index is 1.93. The maximum Gasteiger partial charge on any atom is 0.349 e. The molecule has 18 heavy (non-hydrogen) atoms. The second kappa shape index (κ2) is 6.47. The smallest absolute Gasteiger partial charge is 0.349 e. The first-order chi connectivity index (χ1) is 8.81. The van der Waals surface area contributed by atoms with E-state index in [1.165, 1.54) is 11.3 Å². The molecule has 3 nitrogen and oxygen atoms in total. The third-order valence-corrected chi connectivity index (χ3v) is 4.24. The van der Waals surface area contributed by atoms with E-state index in [2.05, 4.69) is 11.6 Å². The molecule has 0 radical (unpaired) electrons. The Morgan fingerprint density at radius 3 is 3.17 bits per heavy atom. The highest BCUT2D eigenvalue weighted by molar-refractivity contribution is 7.21. The molecular formula is C13H13NO2S2. The second-order valence-corrected chi connectivity index (χ2v) is 5.55. The van der Waals surface area contributed by atoms with Gasteiger partial charge in [0, 0.05) is 0 Å². The molecule has 0 amide bonds. The monoisotopic (exact) mass is 279 g/mol. The molecule has 0 N–H and O–H groups in total. The van der Waals surface area contributed by atoms with Crippen molar-refractivity contribution in [1.29, 1.82) is 0 Å². The number of thiophene rings is 1. The van der Waals surface area contributed by atoms with E-state index < -0.39 is 0 Å². The van der Waals surface area contributed by atoms with Gasteiger partial charge in [0.15, 0.2) is 0 Å². The molecule has 2 aromatic heterocycles. The summed E-state index contributed by atoms with van der Waals surface area (Å²) in [6, 6.07) is 3.96. The summed E-state index contributed by atoms with van der Waals surface area (Å²) < 4.78 is 5.15. The SMILES string of the molecule is C=CCCCOC(=O)c1cnc(-c2cccs2)s1. The number of thiazole rings is 1. The predicted octanol–water partition coefficient (Wildman–Crippen LogP) is 3.99. The Morgan fingerprint density at radius 2 is 2.44 bits per heavy atom. The average Bonchev–Trinajstić information content (AvgIpc) is 3.03. The van der Waals surface area contributed by atoms with Gasteiger partial charge in [-0.2, -0.15) is 0 Å². The maximum atomic E-state index is 11.7. The van der Waals surface area contributed by atoms with E-state index in [0.717, 1.165) is 22.7 Å². The summed E-state index contributed by atoms with van der Waals surface area (Å²) in [7, 11) is 0. The van der Waals surface area contributed by atoms with Crippen LogP contribution in [0.3, 0.4) is 0 Å². The lowest BCUT2D eigenvalue weighted by Crippen LogP contribution is -2.04. The Kier molecular flexibility index (Phi) is 4.66. The molecule has 0 fully saturated rings. The normalized spacial score (nSPS) is 10.2. The lowest BCUT2D eigenvalue weighted by Gasteiger charge is -2.00. The molecule has 0 aliphatic heterocycles. The molecule has 2 heterocycles. The maximum absolute atomic E-state index is 11.7. The summed E-state index contributed by atoms with van der Waals surface area (Å²) >= 11 is 2.98. The minimum Gasteiger partial charge on any atom is -0.461 e. The fraction of sp³-hybridized carbons (Fsp3) is 0.231. The zero-order valence-electron chi connectivity index (χ0n) is 9.80. The molecule has 0 spiro atoms. The van der Waals surface area contributed by atoms with Gasteiger partial charge < -0.3 is 4.74 Å². The topological polar surface area (TPSA) is 39.2 Å². The number of hydrogen-bond acceptors (Lipinski definition) is 5. The number of carbonyl (C=O) groups is 1. The second-order valence-electron chi connectivity index (χ2n) is 3.57. The van der Waals surface area contributed by atoms with Gasteiger partial charge in [-0.15, -0.1) is 29.3 Å². The number of nitrogens with zero attached hydrogens (tertiary/aromatic N) is 1. The van der Waals surface area contributed by atoms with Crippen LogP contribution in [0.15, 0.2) is 36.4 Å². The summed E-state index contributed by atoms with van der Waals surface area (Å²) in [6.45, 7) is 4.05. The summed E-state index contributed by atoms with van der Waals surface area (Å²) in [5.74, 6) is -0.292. The highest BCUT2D eigenvalue weighted by Crippen LogP contribution is 2.29. The summed E-state index contributed by atoms with van der Waals surface area (Å²) in [6.07, 6.45) is 5.06. The molecule has 0 bridgehead atoms. The molecule has 5 heteroatoms. The number of unbranched alkanes of at least 4 members (excludes halogenated alkanes) is 1. The van der Waals surface area contributed by atoms with E-state index in [4.69, 9.17) is 4.74 Å².